The fourth-order valence-electron chi connectivity index (χ4n) is 6.06. The fraction of sp³-hybridized carbons (Fsp3) is 0.206. The lowest BCUT2D eigenvalue weighted by Gasteiger charge is -2.39. The smallest absolute Gasteiger partial charge is 0.238 e. The van der Waals surface area contributed by atoms with Gasteiger partial charge in [0.15, 0.2) is 45.8 Å². The Morgan fingerprint density at radius 1 is 0.787 bits per heavy atom. The molecule has 1 aromatic heterocycles. The molecule has 47 heavy (non-hydrogen) atoms. The summed E-state index contributed by atoms with van der Waals surface area (Å²) in [7, 11) is 4.52. The van der Waals surface area contributed by atoms with Crippen molar-refractivity contribution in [3.63, 3.8) is 0 Å². The van der Waals surface area contributed by atoms with Gasteiger partial charge in [-0.2, -0.15) is 0 Å². The van der Waals surface area contributed by atoms with Crippen molar-refractivity contribution in [3.8, 4) is 63.1 Å². The number of halogens is 1. The molecule has 0 saturated heterocycles. The van der Waals surface area contributed by atoms with Gasteiger partial charge < -0.3 is 49.3 Å². The van der Waals surface area contributed by atoms with Crippen molar-refractivity contribution in [1.82, 2.24) is 4.90 Å². The van der Waals surface area contributed by atoms with E-state index >= 15 is 0 Å². The molecule has 0 fully saturated rings. The highest BCUT2D eigenvalue weighted by Gasteiger charge is 2.34. The molecular weight excluding hydrogens is 678 g/mol. The van der Waals surface area contributed by atoms with Crippen LogP contribution in [0, 0.1) is 0 Å². The van der Waals surface area contributed by atoms with Crippen molar-refractivity contribution in [2.75, 3.05) is 27.9 Å². The molecule has 6 rings (SSSR count). The van der Waals surface area contributed by atoms with Gasteiger partial charge in [0.25, 0.3) is 0 Å². The number of fused-ring (bicyclic) bond motifs is 2. The molecule has 2 heterocycles. The van der Waals surface area contributed by atoms with Crippen LogP contribution in [0.1, 0.15) is 28.3 Å². The number of phenolic OH excluding ortho intramolecular Hbond substituents is 5. The van der Waals surface area contributed by atoms with Gasteiger partial charge in [-0.05, 0) is 75.4 Å². The highest BCUT2D eigenvalue weighted by Crippen LogP contribution is 2.48. The van der Waals surface area contributed by atoms with Gasteiger partial charge in [-0.25, -0.2) is 0 Å². The number of benzene rings is 4. The molecule has 1 aliphatic rings. The average molecular weight is 709 g/mol. The Bertz CT molecular complexity index is 2110. The summed E-state index contributed by atoms with van der Waals surface area (Å²) in [6, 6.07) is 11.2. The second-order valence-electron chi connectivity index (χ2n) is 11.0. The van der Waals surface area contributed by atoms with E-state index in [0.29, 0.717) is 34.5 Å². The van der Waals surface area contributed by atoms with E-state index in [0.717, 1.165) is 29.3 Å². The molecule has 5 aromatic rings. The van der Waals surface area contributed by atoms with Gasteiger partial charge in [-0.1, -0.05) is 6.07 Å². The number of hydrogen-bond donors (Lipinski definition) is 6. The summed E-state index contributed by atoms with van der Waals surface area (Å²) in [5.74, 6) is -1.93. The van der Waals surface area contributed by atoms with Crippen molar-refractivity contribution in [1.29, 1.82) is 0 Å². The normalized spacial score (nSPS) is 14.6. The lowest BCUT2D eigenvalue weighted by Crippen LogP contribution is -2.36. The Kier molecular flexibility index (Phi) is 8.20. The third kappa shape index (κ3) is 5.26. The van der Waals surface area contributed by atoms with Crippen LogP contribution in [-0.2, 0) is 13.0 Å². The van der Waals surface area contributed by atoms with E-state index < -0.39 is 34.5 Å². The van der Waals surface area contributed by atoms with Crippen LogP contribution in [0.4, 0.5) is 0 Å². The monoisotopic (exact) mass is 707 g/mol. The molecule has 0 aliphatic carbocycles. The molecule has 1 aliphatic heterocycles. The van der Waals surface area contributed by atoms with E-state index in [1.165, 1.54) is 20.3 Å². The molecule has 1 unspecified atom stereocenters. The first-order chi connectivity index (χ1) is 22.5. The Morgan fingerprint density at radius 2 is 1.49 bits per heavy atom. The molecular formula is C34H30BrNO11. The lowest BCUT2D eigenvalue weighted by molar-refractivity contribution is 0.200. The maximum absolute atomic E-state index is 13.4. The molecule has 0 radical (unpaired) electrons. The van der Waals surface area contributed by atoms with E-state index in [1.54, 1.807) is 19.2 Å². The average Bonchev–Trinajstić information content (AvgIpc) is 3.06. The SMILES string of the molecule is COc1cc2c(cc1OC)C(c1ccc(OC)c(O)c1Br)N(Cc1c(O)cc(O)c3c(=O)c(O)c(-c4ccc(O)c(O)c4)oc13)CC2. The first kappa shape index (κ1) is 31.7. The highest BCUT2D eigenvalue weighted by molar-refractivity contribution is 9.10. The fourth-order valence-corrected chi connectivity index (χ4v) is 6.61. The quantitative estimate of drug-likeness (QED) is 0.115. The predicted octanol–water partition coefficient (Wildman–Crippen LogP) is 5.63. The molecule has 0 amide bonds. The molecule has 13 heteroatoms. The Labute approximate surface area is 276 Å². The molecule has 6 N–H and O–H groups in total. The maximum atomic E-state index is 13.4. The van der Waals surface area contributed by atoms with E-state index in [2.05, 4.69) is 15.9 Å². The van der Waals surface area contributed by atoms with Crippen molar-refractivity contribution >= 4 is 26.9 Å². The molecule has 12 nitrogen and oxygen atoms in total. The summed E-state index contributed by atoms with van der Waals surface area (Å²) < 4.78 is 22.9. The van der Waals surface area contributed by atoms with Crippen molar-refractivity contribution in [3.05, 3.63) is 85.5 Å². The number of aromatic hydroxyl groups is 6. The summed E-state index contributed by atoms with van der Waals surface area (Å²) in [6.07, 6.45) is 0.547. The molecule has 244 valence electrons. The second-order valence-corrected chi connectivity index (χ2v) is 11.8. The third-order valence-corrected chi connectivity index (χ3v) is 9.23. The van der Waals surface area contributed by atoms with E-state index in [4.69, 9.17) is 18.6 Å². The number of methoxy groups -OCH3 is 3. The zero-order chi connectivity index (χ0) is 33.7. The number of ether oxygens (including phenoxy) is 3. The van der Waals surface area contributed by atoms with Gasteiger partial charge in [-0.15, -0.1) is 0 Å². The molecule has 1 atom stereocenters. The summed E-state index contributed by atoms with van der Waals surface area (Å²) in [5, 5.41) is 63.2. The van der Waals surface area contributed by atoms with Gasteiger partial charge in [0.05, 0.1) is 37.4 Å². The molecule has 0 spiro atoms. The maximum Gasteiger partial charge on any atom is 0.238 e. The van der Waals surface area contributed by atoms with Crippen molar-refractivity contribution in [2.24, 2.45) is 0 Å². The van der Waals surface area contributed by atoms with Crippen LogP contribution in [0.2, 0.25) is 0 Å². The molecule has 0 saturated carbocycles. The summed E-state index contributed by atoms with van der Waals surface area (Å²) in [4.78, 5) is 15.4. The first-order valence-electron chi connectivity index (χ1n) is 14.3. The molecule has 0 bridgehead atoms. The van der Waals surface area contributed by atoms with Crippen molar-refractivity contribution in [2.45, 2.75) is 19.0 Å². The van der Waals surface area contributed by atoms with Crippen LogP contribution in [-0.4, -0.2) is 63.4 Å². The number of phenols is 5. The van der Waals surface area contributed by atoms with Crippen LogP contribution in [0.3, 0.4) is 0 Å². The number of rotatable bonds is 7. The van der Waals surface area contributed by atoms with E-state index in [1.807, 2.05) is 17.0 Å². The van der Waals surface area contributed by atoms with Gasteiger partial charge >= 0.3 is 0 Å². The summed E-state index contributed by atoms with van der Waals surface area (Å²) in [5.41, 5.74) is 1.46. The van der Waals surface area contributed by atoms with Gasteiger partial charge in [0, 0.05) is 24.7 Å². The zero-order valence-electron chi connectivity index (χ0n) is 25.4. The number of hydrogen-bond acceptors (Lipinski definition) is 12. The minimum atomic E-state index is -0.965. The van der Waals surface area contributed by atoms with Gasteiger partial charge in [-0.3, -0.25) is 9.69 Å². The largest absolute Gasteiger partial charge is 0.507 e. The minimum Gasteiger partial charge on any atom is -0.507 e. The van der Waals surface area contributed by atoms with E-state index in [9.17, 15) is 35.4 Å². The second kappa shape index (κ2) is 12.2. The predicted molar refractivity (Wildman–Crippen MR) is 174 cm³/mol. The Balaban J connectivity index is 1.57. The standard InChI is InChI=1S/C34H30BrNO11/c1-44-24-7-5-17(28(35)30(24)41)29-18-12-26(46-3)25(45-2)11-15(18)8-9-36(29)14-19-21(38)13-23(40)27-31(42)32(43)33(47-34(19)27)16-4-6-20(37)22(39)10-16/h4-7,10-13,29,37-41,43H,8-9,14H2,1-3H3. The topological polar surface area (TPSA) is 183 Å². The van der Waals surface area contributed by atoms with Crippen LogP contribution in [0.15, 0.2) is 62.2 Å². The van der Waals surface area contributed by atoms with Crippen LogP contribution >= 0.6 is 15.9 Å². The van der Waals surface area contributed by atoms with Crippen LogP contribution in [0.5, 0.6) is 51.7 Å². The van der Waals surface area contributed by atoms with Crippen LogP contribution in [0.25, 0.3) is 22.3 Å². The summed E-state index contributed by atoms with van der Waals surface area (Å²) >= 11 is 3.54. The molecule has 4 aromatic carbocycles. The lowest BCUT2D eigenvalue weighted by atomic mass is 9.87. The van der Waals surface area contributed by atoms with Crippen LogP contribution < -0.4 is 19.6 Å². The van der Waals surface area contributed by atoms with Gasteiger partial charge in [0.1, 0.15) is 16.9 Å². The first-order valence-corrected chi connectivity index (χ1v) is 15.1. The third-order valence-electron chi connectivity index (χ3n) is 8.40. The Morgan fingerprint density at radius 3 is 2.17 bits per heavy atom. The van der Waals surface area contributed by atoms with E-state index in [-0.39, 0.29) is 51.6 Å². The Hall–Kier alpha value is -5.27. The van der Waals surface area contributed by atoms with Gasteiger partial charge in [0.2, 0.25) is 11.2 Å². The number of nitrogens with zero attached hydrogens (tertiary/aromatic N) is 1. The summed E-state index contributed by atoms with van der Waals surface area (Å²) in [6.45, 7) is 0.392. The zero-order valence-corrected chi connectivity index (χ0v) is 27.0. The minimum absolute atomic E-state index is 0.0335. The highest BCUT2D eigenvalue weighted by atomic mass is 79.9. The van der Waals surface area contributed by atoms with Crippen molar-refractivity contribution < 1.29 is 49.3 Å².